The third kappa shape index (κ3) is 3.31. The lowest BCUT2D eigenvalue weighted by molar-refractivity contribution is -0.941. The maximum atomic E-state index is 13.0. The fraction of sp³-hybridized carbons (Fsp3) is 0.696. The van der Waals surface area contributed by atoms with Gasteiger partial charge in [0.05, 0.1) is 13.2 Å². The Bertz CT molecular complexity index is 680. The van der Waals surface area contributed by atoms with E-state index in [1.807, 2.05) is 6.07 Å². The minimum atomic E-state index is -0.0255. The van der Waals surface area contributed by atoms with E-state index in [0.29, 0.717) is 12.5 Å². The van der Waals surface area contributed by atoms with Gasteiger partial charge in [0, 0.05) is 11.0 Å². The predicted octanol–water partition coefficient (Wildman–Crippen LogP) is 3.79. The van der Waals surface area contributed by atoms with Crippen LogP contribution in [0, 0.1) is 16.7 Å². The minimum absolute atomic E-state index is 0.0255. The van der Waals surface area contributed by atoms with Crippen molar-refractivity contribution in [2.75, 3.05) is 32.8 Å². The van der Waals surface area contributed by atoms with E-state index in [1.165, 1.54) is 18.4 Å². The highest BCUT2D eigenvalue weighted by Crippen LogP contribution is 2.66. The van der Waals surface area contributed by atoms with Crippen LogP contribution in [0.4, 0.5) is 0 Å². The Kier molecular flexibility index (Phi) is 4.84. The van der Waals surface area contributed by atoms with Gasteiger partial charge in [0.25, 0.3) is 0 Å². The second-order valence-corrected chi connectivity index (χ2v) is 9.79. The average molecular weight is 373 g/mol. The number of benzene rings is 1. The third-order valence-electron chi connectivity index (χ3n) is 8.23. The zero-order valence-corrected chi connectivity index (χ0v) is 17.1. The molecular weight excluding hydrogens is 338 g/mol. The van der Waals surface area contributed by atoms with Gasteiger partial charge < -0.3 is 14.0 Å². The molecule has 4 nitrogen and oxygen atoms in total. The van der Waals surface area contributed by atoms with Gasteiger partial charge in [-0.1, -0.05) is 51.1 Å². The summed E-state index contributed by atoms with van der Waals surface area (Å²) in [6.45, 7) is 11.6. The topological polar surface area (TPSA) is 35.5 Å². The fourth-order valence-corrected chi connectivity index (χ4v) is 5.85. The monoisotopic (exact) mass is 372 g/mol. The number of morpholine rings is 1. The van der Waals surface area contributed by atoms with Crippen molar-refractivity contribution in [2.24, 2.45) is 16.7 Å². The highest BCUT2D eigenvalue weighted by Gasteiger charge is 2.63. The first-order chi connectivity index (χ1) is 12.8. The maximum absolute atomic E-state index is 13.0. The summed E-state index contributed by atoms with van der Waals surface area (Å²) in [6.07, 6.45) is 3.58. The van der Waals surface area contributed by atoms with Crippen molar-refractivity contribution in [3.8, 4) is 0 Å². The largest absolute Gasteiger partial charge is 0.458 e. The summed E-state index contributed by atoms with van der Waals surface area (Å²) in [4.78, 5) is 13.0. The van der Waals surface area contributed by atoms with Crippen LogP contribution < -0.4 is 0 Å². The van der Waals surface area contributed by atoms with Crippen molar-refractivity contribution in [2.45, 2.75) is 52.7 Å². The van der Waals surface area contributed by atoms with E-state index in [4.69, 9.17) is 9.47 Å². The van der Waals surface area contributed by atoms with Crippen LogP contribution in [0.25, 0.3) is 0 Å². The molecule has 4 heteroatoms. The highest BCUT2D eigenvalue weighted by molar-refractivity contribution is 5.71. The molecule has 2 aliphatic carbocycles. The quantitative estimate of drug-likeness (QED) is 0.583. The lowest BCUT2D eigenvalue weighted by atomic mass is 9.70. The molecule has 2 saturated carbocycles. The molecule has 1 aliphatic heterocycles. The first kappa shape index (κ1) is 18.9. The number of carbonyl (C=O) groups excluding carboxylic acids is 1. The van der Waals surface area contributed by atoms with Crippen molar-refractivity contribution >= 4 is 5.97 Å². The molecule has 1 aromatic rings. The van der Waals surface area contributed by atoms with Crippen LogP contribution in [-0.4, -0.2) is 49.4 Å². The van der Waals surface area contributed by atoms with Gasteiger partial charge in [0.1, 0.15) is 25.7 Å². The number of ether oxygens (including phenoxy) is 2. The van der Waals surface area contributed by atoms with Gasteiger partial charge in [-0.05, 0) is 30.6 Å². The van der Waals surface area contributed by atoms with Crippen molar-refractivity contribution in [1.29, 1.82) is 0 Å². The SMILES string of the molecule is CC1(C)[C@H]2CC[C@]1(C)[C@H](OC(=O)C[N+]1(Cc3ccccc3)CCOCC1)C2. The molecule has 1 aromatic carbocycles. The molecule has 4 rings (SSSR count). The van der Waals surface area contributed by atoms with Gasteiger partial charge in [-0.2, -0.15) is 0 Å². The average Bonchev–Trinajstić information content (AvgIpc) is 2.96. The van der Waals surface area contributed by atoms with Crippen LogP contribution in [0.3, 0.4) is 0 Å². The number of fused-ring (bicyclic) bond motifs is 2. The molecule has 1 saturated heterocycles. The summed E-state index contributed by atoms with van der Waals surface area (Å²) in [7, 11) is 0. The number of hydrogen-bond acceptors (Lipinski definition) is 3. The van der Waals surface area contributed by atoms with E-state index in [2.05, 4.69) is 45.0 Å². The van der Waals surface area contributed by atoms with Crippen molar-refractivity contribution < 1.29 is 18.8 Å². The van der Waals surface area contributed by atoms with E-state index < -0.39 is 0 Å². The van der Waals surface area contributed by atoms with Crippen molar-refractivity contribution in [3.63, 3.8) is 0 Å². The zero-order valence-electron chi connectivity index (χ0n) is 17.1. The second kappa shape index (κ2) is 6.89. The van der Waals surface area contributed by atoms with E-state index in [-0.39, 0.29) is 22.9 Å². The standard InChI is InChI=1S/C23H34NO3/c1-22(2)19-9-10-23(22,3)20(15-19)27-21(25)17-24(11-13-26-14-12-24)16-18-7-5-4-6-8-18/h4-8,19-20H,9-17H2,1-3H3/q+1/t19-,20+,23+/m0/s1. The predicted molar refractivity (Wildman–Crippen MR) is 105 cm³/mol. The number of hydrogen-bond donors (Lipinski definition) is 0. The van der Waals surface area contributed by atoms with E-state index in [0.717, 1.165) is 43.8 Å². The highest BCUT2D eigenvalue weighted by atomic mass is 16.5. The Morgan fingerprint density at radius 2 is 1.89 bits per heavy atom. The van der Waals surface area contributed by atoms with Gasteiger partial charge in [0.15, 0.2) is 6.54 Å². The fourth-order valence-electron chi connectivity index (χ4n) is 5.85. The van der Waals surface area contributed by atoms with Crippen molar-refractivity contribution in [1.82, 2.24) is 0 Å². The van der Waals surface area contributed by atoms with Gasteiger partial charge in [0.2, 0.25) is 0 Å². The lowest BCUT2D eigenvalue weighted by Crippen LogP contribution is -2.57. The summed E-state index contributed by atoms with van der Waals surface area (Å²) >= 11 is 0. The van der Waals surface area contributed by atoms with Gasteiger partial charge in [-0.3, -0.25) is 0 Å². The molecule has 0 radical (unpaired) electrons. The van der Waals surface area contributed by atoms with E-state index >= 15 is 0 Å². The van der Waals surface area contributed by atoms with Gasteiger partial charge >= 0.3 is 5.97 Å². The Morgan fingerprint density at radius 3 is 2.48 bits per heavy atom. The maximum Gasteiger partial charge on any atom is 0.362 e. The molecule has 2 bridgehead atoms. The van der Waals surface area contributed by atoms with Gasteiger partial charge in [-0.15, -0.1) is 0 Å². The van der Waals surface area contributed by atoms with Crippen LogP contribution >= 0.6 is 0 Å². The molecule has 148 valence electrons. The number of nitrogens with zero attached hydrogens (tertiary/aromatic N) is 1. The van der Waals surface area contributed by atoms with Crippen LogP contribution in [0.1, 0.15) is 45.6 Å². The number of quaternary nitrogens is 1. The molecule has 3 atom stereocenters. The summed E-state index contributed by atoms with van der Waals surface area (Å²) in [5.74, 6) is 0.665. The normalized spacial score (nSPS) is 33.7. The molecule has 0 amide bonds. The molecule has 0 spiro atoms. The Morgan fingerprint density at radius 1 is 1.19 bits per heavy atom. The third-order valence-corrected chi connectivity index (χ3v) is 8.23. The summed E-state index contributed by atoms with van der Waals surface area (Å²) in [5.41, 5.74) is 1.68. The van der Waals surface area contributed by atoms with E-state index in [1.54, 1.807) is 0 Å². The molecule has 0 unspecified atom stereocenters. The molecule has 3 fully saturated rings. The summed E-state index contributed by atoms with van der Waals surface area (Å²) in [5, 5.41) is 0. The molecule has 27 heavy (non-hydrogen) atoms. The minimum Gasteiger partial charge on any atom is -0.458 e. The molecule has 0 N–H and O–H groups in total. The van der Waals surface area contributed by atoms with Crippen LogP contribution in [0.2, 0.25) is 0 Å². The van der Waals surface area contributed by atoms with E-state index in [9.17, 15) is 4.79 Å². The summed E-state index contributed by atoms with van der Waals surface area (Å²) in [6, 6.07) is 10.5. The number of rotatable bonds is 5. The summed E-state index contributed by atoms with van der Waals surface area (Å²) < 4.78 is 12.5. The van der Waals surface area contributed by atoms with Crippen LogP contribution in [-0.2, 0) is 20.8 Å². The smallest absolute Gasteiger partial charge is 0.362 e. The second-order valence-electron chi connectivity index (χ2n) is 9.79. The van der Waals surface area contributed by atoms with Crippen molar-refractivity contribution in [3.05, 3.63) is 35.9 Å². The molecule has 1 heterocycles. The van der Waals surface area contributed by atoms with Gasteiger partial charge in [-0.25, -0.2) is 4.79 Å². The number of carbonyl (C=O) groups is 1. The zero-order chi connectivity index (χ0) is 19.1. The molecule has 3 aliphatic rings. The Labute approximate surface area is 163 Å². The molecule has 0 aromatic heterocycles. The Balaban J connectivity index is 1.45. The first-order valence-electron chi connectivity index (χ1n) is 10.5. The Hall–Kier alpha value is -1.39. The molecular formula is C23H34NO3+. The van der Waals surface area contributed by atoms with Crippen LogP contribution in [0.15, 0.2) is 30.3 Å². The lowest BCUT2D eigenvalue weighted by Gasteiger charge is -2.42. The van der Waals surface area contributed by atoms with Crippen LogP contribution in [0.5, 0.6) is 0 Å². The first-order valence-corrected chi connectivity index (χ1v) is 10.5. The number of esters is 1.